The van der Waals surface area contributed by atoms with Gasteiger partial charge in [-0.2, -0.15) is 0 Å². The van der Waals surface area contributed by atoms with Crippen molar-refractivity contribution in [3.63, 3.8) is 0 Å². The van der Waals surface area contributed by atoms with E-state index in [1.54, 1.807) is 4.90 Å². The minimum absolute atomic E-state index is 0.0443. The summed E-state index contributed by atoms with van der Waals surface area (Å²) in [4.78, 5) is 30.1. The Morgan fingerprint density at radius 1 is 1.36 bits per heavy atom. The minimum atomic E-state index is -0.0443. The quantitative estimate of drug-likeness (QED) is 0.888. The van der Waals surface area contributed by atoms with Crippen LogP contribution in [0.3, 0.4) is 0 Å². The lowest BCUT2D eigenvalue weighted by Gasteiger charge is -2.22. The van der Waals surface area contributed by atoms with Gasteiger partial charge in [0.1, 0.15) is 0 Å². The molecule has 0 aliphatic carbocycles. The molecule has 0 aromatic heterocycles. The number of hydrogen-bond donors (Lipinski definition) is 1. The van der Waals surface area contributed by atoms with Crippen LogP contribution in [0.5, 0.6) is 0 Å². The summed E-state index contributed by atoms with van der Waals surface area (Å²) in [6.45, 7) is 4.22. The van der Waals surface area contributed by atoms with Crippen LogP contribution < -0.4 is 10.2 Å². The third-order valence-electron chi connectivity index (χ3n) is 5.11. The SMILES string of the molecule is CN1CC[C@@H](CN(C)C(=O)NCc2cccc(N3CCCC3=O)c2)C1. The smallest absolute Gasteiger partial charge is 0.317 e. The molecule has 0 spiro atoms. The van der Waals surface area contributed by atoms with E-state index in [0.717, 1.165) is 50.3 Å². The molecule has 136 valence electrons. The zero-order valence-electron chi connectivity index (χ0n) is 15.2. The molecule has 2 aliphatic rings. The van der Waals surface area contributed by atoms with Crippen molar-refractivity contribution in [2.24, 2.45) is 5.92 Å². The fraction of sp³-hybridized carbons (Fsp3) is 0.579. The molecule has 6 nitrogen and oxygen atoms in total. The monoisotopic (exact) mass is 344 g/mol. The summed E-state index contributed by atoms with van der Waals surface area (Å²) in [5.41, 5.74) is 1.94. The van der Waals surface area contributed by atoms with Gasteiger partial charge < -0.3 is 20.0 Å². The highest BCUT2D eigenvalue weighted by atomic mass is 16.2. The second-order valence-corrected chi connectivity index (χ2v) is 7.28. The molecule has 1 aromatic rings. The number of hydrogen-bond acceptors (Lipinski definition) is 3. The molecule has 0 unspecified atom stereocenters. The van der Waals surface area contributed by atoms with Gasteiger partial charge in [0.15, 0.2) is 0 Å². The molecule has 3 rings (SSSR count). The van der Waals surface area contributed by atoms with E-state index in [2.05, 4.69) is 17.3 Å². The van der Waals surface area contributed by atoms with Crippen molar-refractivity contribution in [2.45, 2.75) is 25.8 Å². The Bertz CT molecular complexity index is 634. The van der Waals surface area contributed by atoms with Crippen molar-refractivity contribution in [3.8, 4) is 0 Å². The van der Waals surface area contributed by atoms with E-state index in [1.165, 1.54) is 0 Å². The van der Waals surface area contributed by atoms with Gasteiger partial charge in [0.2, 0.25) is 5.91 Å². The Morgan fingerprint density at radius 3 is 2.88 bits per heavy atom. The van der Waals surface area contributed by atoms with Gasteiger partial charge in [0.25, 0.3) is 0 Å². The summed E-state index contributed by atoms with van der Waals surface area (Å²) in [7, 11) is 3.98. The number of carbonyl (C=O) groups excluding carboxylic acids is 2. The van der Waals surface area contributed by atoms with Crippen LogP contribution in [0.25, 0.3) is 0 Å². The summed E-state index contributed by atoms with van der Waals surface area (Å²) in [6.07, 6.45) is 2.70. The zero-order valence-corrected chi connectivity index (χ0v) is 15.2. The van der Waals surface area contributed by atoms with Crippen LogP contribution in [0, 0.1) is 5.92 Å². The van der Waals surface area contributed by atoms with Crippen molar-refractivity contribution in [1.29, 1.82) is 0 Å². The molecule has 3 amide bonds. The van der Waals surface area contributed by atoms with Gasteiger partial charge in [-0.05, 0) is 50.0 Å². The second kappa shape index (κ2) is 7.87. The average molecular weight is 344 g/mol. The van der Waals surface area contributed by atoms with Crippen LogP contribution in [0.1, 0.15) is 24.8 Å². The lowest BCUT2D eigenvalue weighted by molar-refractivity contribution is -0.117. The molecule has 2 heterocycles. The summed E-state index contributed by atoms with van der Waals surface area (Å²) in [5.74, 6) is 0.743. The van der Waals surface area contributed by atoms with E-state index in [-0.39, 0.29) is 11.9 Å². The molecular formula is C19H28N4O2. The number of anilines is 1. The first-order valence-electron chi connectivity index (χ1n) is 9.10. The van der Waals surface area contributed by atoms with Crippen molar-refractivity contribution in [2.75, 3.05) is 45.2 Å². The Labute approximate surface area is 149 Å². The van der Waals surface area contributed by atoms with E-state index in [0.29, 0.717) is 18.9 Å². The fourth-order valence-electron chi connectivity index (χ4n) is 3.71. The van der Waals surface area contributed by atoms with Crippen LogP contribution >= 0.6 is 0 Å². The normalized spacial score (nSPS) is 21.0. The standard InChI is InChI=1S/C19H28N4O2/c1-21-10-8-16(13-21)14-22(2)19(25)20-12-15-5-3-6-17(11-15)23-9-4-7-18(23)24/h3,5-6,11,16H,4,7-10,12-14H2,1-2H3,(H,20,25)/t16-/m1/s1. The molecule has 0 saturated carbocycles. The van der Waals surface area contributed by atoms with E-state index >= 15 is 0 Å². The Balaban J connectivity index is 1.50. The largest absolute Gasteiger partial charge is 0.334 e. The maximum atomic E-state index is 12.3. The number of nitrogens with zero attached hydrogens (tertiary/aromatic N) is 3. The molecule has 2 saturated heterocycles. The third-order valence-corrected chi connectivity index (χ3v) is 5.11. The van der Waals surface area contributed by atoms with E-state index in [4.69, 9.17) is 0 Å². The van der Waals surface area contributed by atoms with Gasteiger partial charge in [-0.25, -0.2) is 4.79 Å². The molecule has 25 heavy (non-hydrogen) atoms. The molecule has 2 aliphatic heterocycles. The van der Waals surface area contributed by atoms with Gasteiger partial charge >= 0.3 is 6.03 Å². The van der Waals surface area contributed by atoms with Crippen LogP contribution in [0.2, 0.25) is 0 Å². The highest BCUT2D eigenvalue weighted by Crippen LogP contribution is 2.22. The van der Waals surface area contributed by atoms with Gasteiger partial charge in [-0.3, -0.25) is 4.79 Å². The minimum Gasteiger partial charge on any atom is -0.334 e. The maximum Gasteiger partial charge on any atom is 0.317 e. The lowest BCUT2D eigenvalue weighted by Crippen LogP contribution is -2.40. The highest BCUT2D eigenvalue weighted by molar-refractivity contribution is 5.95. The zero-order chi connectivity index (χ0) is 17.8. The van der Waals surface area contributed by atoms with E-state index < -0.39 is 0 Å². The number of benzene rings is 1. The lowest BCUT2D eigenvalue weighted by atomic mass is 10.1. The first kappa shape index (κ1) is 17.7. The van der Waals surface area contributed by atoms with Gasteiger partial charge in [-0.1, -0.05) is 12.1 Å². The molecule has 6 heteroatoms. The second-order valence-electron chi connectivity index (χ2n) is 7.28. The third kappa shape index (κ3) is 4.51. The van der Waals surface area contributed by atoms with Crippen molar-refractivity contribution in [3.05, 3.63) is 29.8 Å². The van der Waals surface area contributed by atoms with Crippen LogP contribution in [0.15, 0.2) is 24.3 Å². The van der Waals surface area contributed by atoms with Crippen LogP contribution in [0.4, 0.5) is 10.5 Å². The Kier molecular flexibility index (Phi) is 5.58. The van der Waals surface area contributed by atoms with Crippen molar-refractivity contribution in [1.82, 2.24) is 15.1 Å². The Morgan fingerprint density at radius 2 is 2.20 bits per heavy atom. The number of carbonyl (C=O) groups is 2. The number of nitrogens with one attached hydrogen (secondary N) is 1. The summed E-state index contributed by atoms with van der Waals surface area (Å²) < 4.78 is 0. The summed E-state index contributed by atoms with van der Waals surface area (Å²) >= 11 is 0. The number of likely N-dealkylation sites (tertiary alicyclic amines) is 1. The maximum absolute atomic E-state index is 12.3. The molecule has 2 fully saturated rings. The summed E-state index contributed by atoms with van der Waals surface area (Å²) in [6, 6.07) is 7.83. The predicted octanol–water partition coefficient (Wildman–Crippen LogP) is 1.91. The summed E-state index contributed by atoms with van der Waals surface area (Å²) in [5, 5.41) is 2.98. The number of urea groups is 1. The molecule has 0 bridgehead atoms. The first-order valence-corrected chi connectivity index (χ1v) is 9.10. The topological polar surface area (TPSA) is 55.9 Å². The van der Waals surface area contributed by atoms with Crippen LogP contribution in [-0.2, 0) is 11.3 Å². The van der Waals surface area contributed by atoms with Crippen molar-refractivity contribution < 1.29 is 9.59 Å². The average Bonchev–Trinajstić information content (AvgIpc) is 3.21. The number of rotatable bonds is 5. The van der Waals surface area contributed by atoms with Gasteiger partial charge in [0.05, 0.1) is 0 Å². The predicted molar refractivity (Wildman–Crippen MR) is 98.5 cm³/mol. The molecule has 1 aromatic carbocycles. The first-order chi connectivity index (χ1) is 12.0. The van der Waals surface area contributed by atoms with E-state index in [9.17, 15) is 9.59 Å². The highest BCUT2D eigenvalue weighted by Gasteiger charge is 2.23. The van der Waals surface area contributed by atoms with Gasteiger partial charge in [0, 0.05) is 45.3 Å². The van der Waals surface area contributed by atoms with Crippen LogP contribution in [-0.4, -0.2) is 62.0 Å². The molecule has 0 radical (unpaired) electrons. The van der Waals surface area contributed by atoms with Gasteiger partial charge in [-0.15, -0.1) is 0 Å². The van der Waals surface area contributed by atoms with E-state index in [1.807, 2.05) is 36.2 Å². The molecule has 1 N–H and O–H groups in total. The number of amides is 3. The molecule has 1 atom stereocenters. The Hall–Kier alpha value is -2.08. The molecular weight excluding hydrogens is 316 g/mol. The fourth-order valence-corrected chi connectivity index (χ4v) is 3.71. The van der Waals surface area contributed by atoms with Crippen molar-refractivity contribution >= 4 is 17.6 Å².